The number of aryl methyl sites for hydroxylation is 1. The molecule has 0 saturated carbocycles. The van der Waals surface area contributed by atoms with Crippen molar-refractivity contribution in [1.29, 1.82) is 0 Å². The quantitative estimate of drug-likeness (QED) is 0.342. The summed E-state index contributed by atoms with van der Waals surface area (Å²) in [6.45, 7) is 3.61. The smallest absolute Gasteiger partial charge is 0.346 e. The summed E-state index contributed by atoms with van der Waals surface area (Å²) in [6.07, 6.45) is 2.20. The van der Waals surface area contributed by atoms with E-state index < -0.39 is 12.1 Å². The van der Waals surface area contributed by atoms with Crippen LogP contribution in [-0.4, -0.2) is 42.2 Å². The molecule has 0 amide bonds. The number of hydrogen-bond acceptors (Lipinski definition) is 7. The Morgan fingerprint density at radius 3 is 2.69 bits per heavy atom. The van der Waals surface area contributed by atoms with E-state index in [1.54, 1.807) is 37.4 Å². The van der Waals surface area contributed by atoms with E-state index in [1.165, 1.54) is 18.9 Å². The highest BCUT2D eigenvalue weighted by molar-refractivity contribution is 9.10. The number of benzene rings is 2. The number of fused-ring (bicyclic) bond motifs is 1. The minimum atomic E-state index is -0.786. The number of aromatic nitrogens is 2. The van der Waals surface area contributed by atoms with Gasteiger partial charge in [-0.05, 0) is 55.3 Å². The van der Waals surface area contributed by atoms with E-state index in [1.807, 2.05) is 19.1 Å². The number of carbonyl (C=O) groups excluding carboxylic acids is 1. The van der Waals surface area contributed by atoms with Crippen molar-refractivity contribution < 1.29 is 19.0 Å². The molecule has 2 aromatic carbocycles. The number of ether oxygens (including phenoxy) is 3. The van der Waals surface area contributed by atoms with Gasteiger partial charge in [-0.3, -0.25) is 4.79 Å². The molecule has 0 saturated heterocycles. The lowest BCUT2D eigenvalue weighted by Crippen LogP contribution is -2.25. The van der Waals surface area contributed by atoms with Crippen molar-refractivity contribution >= 4 is 39.0 Å². The molecule has 0 fully saturated rings. The minimum Gasteiger partial charge on any atom is -0.493 e. The van der Waals surface area contributed by atoms with Crippen LogP contribution in [0.4, 0.5) is 0 Å². The van der Waals surface area contributed by atoms with E-state index in [0.29, 0.717) is 40.2 Å². The van der Waals surface area contributed by atoms with Crippen molar-refractivity contribution in [3.63, 3.8) is 0 Å². The second-order valence-electron chi connectivity index (χ2n) is 6.99. The number of hydrogen-bond donors (Lipinski definition) is 0. The Kier molecular flexibility index (Phi) is 7.63. The Morgan fingerprint density at radius 2 is 2.00 bits per heavy atom. The maximum atomic E-state index is 13.1. The Hall–Kier alpha value is -3.20. The zero-order valence-electron chi connectivity index (χ0n) is 18.3. The molecule has 1 aromatic heterocycles. The van der Waals surface area contributed by atoms with Crippen molar-refractivity contribution in [3.8, 4) is 11.5 Å². The van der Waals surface area contributed by atoms with Gasteiger partial charge in [-0.1, -0.05) is 22.9 Å². The summed E-state index contributed by atoms with van der Waals surface area (Å²) in [4.78, 5) is 29.3. The van der Waals surface area contributed by atoms with Gasteiger partial charge >= 0.3 is 5.97 Å². The van der Waals surface area contributed by atoms with Gasteiger partial charge in [-0.25, -0.2) is 9.78 Å². The molecular formula is C23H24BrN3O5. The molecular weight excluding hydrogens is 478 g/mol. The van der Waals surface area contributed by atoms with E-state index in [2.05, 4.69) is 30.8 Å². The fourth-order valence-corrected chi connectivity index (χ4v) is 3.45. The Balaban J connectivity index is 1.98. The van der Waals surface area contributed by atoms with E-state index in [9.17, 15) is 9.59 Å². The van der Waals surface area contributed by atoms with Gasteiger partial charge in [0.25, 0.3) is 5.56 Å². The average molecular weight is 502 g/mol. The van der Waals surface area contributed by atoms with Crippen LogP contribution in [0.25, 0.3) is 10.9 Å². The zero-order valence-corrected chi connectivity index (χ0v) is 19.9. The first-order valence-corrected chi connectivity index (χ1v) is 10.8. The second-order valence-corrected chi connectivity index (χ2v) is 7.91. The van der Waals surface area contributed by atoms with Crippen molar-refractivity contribution in [3.05, 3.63) is 62.6 Å². The highest BCUT2D eigenvalue weighted by atomic mass is 79.9. The molecule has 0 unspecified atom stereocenters. The SMILES string of the molecule is CCCc1nc2ccc(Br)cc2c(=O)n1N=Cc1ccc(O[C@H](C)C(=O)OC)c(OC)c1. The third-order valence-corrected chi connectivity index (χ3v) is 5.19. The van der Waals surface area contributed by atoms with Crippen LogP contribution in [-0.2, 0) is 16.0 Å². The molecule has 0 spiro atoms. The number of nitrogens with zero attached hydrogens (tertiary/aromatic N) is 3. The molecule has 1 heterocycles. The molecule has 3 aromatic rings. The van der Waals surface area contributed by atoms with Gasteiger partial charge < -0.3 is 14.2 Å². The topological polar surface area (TPSA) is 92.0 Å². The summed E-state index contributed by atoms with van der Waals surface area (Å²) in [5.74, 6) is 0.911. The predicted octanol–water partition coefficient (Wildman–Crippen LogP) is 3.94. The van der Waals surface area contributed by atoms with Gasteiger partial charge in [0.1, 0.15) is 5.82 Å². The van der Waals surface area contributed by atoms with E-state index in [0.717, 1.165) is 10.9 Å². The largest absolute Gasteiger partial charge is 0.493 e. The van der Waals surface area contributed by atoms with Crippen LogP contribution in [0.5, 0.6) is 11.5 Å². The van der Waals surface area contributed by atoms with Crippen LogP contribution in [0.2, 0.25) is 0 Å². The number of rotatable bonds is 8. The minimum absolute atomic E-state index is 0.241. The van der Waals surface area contributed by atoms with E-state index >= 15 is 0 Å². The van der Waals surface area contributed by atoms with Gasteiger partial charge in [0.15, 0.2) is 17.6 Å². The van der Waals surface area contributed by atoms with Crippen molar-refractivity contribution in [2.24, 2.45) is 5.10 Å². The summed E-state index contributed by atoms with van der Waals surface area (Å²) in [6, 6.07) is 10.5. The van der Waals surface area contributed by atoms with Crippen LogP contribution >= 0.6 is 15.9 Å². The van der Waals surface area contributed by atoms with E-state index in [4.69, 9.17) is 9.47 Å². The first-order valence-electron chi connectivity index (χ1n) is 10.1. The molecule has 32 heavy (non-hydrogen) atoms. The lowest BCUT2D eigenvalue weighted by atomic mass is 10.2. The molecule has 1 atom stereocenters. The first-order chi connectivity index (χ1) is 15.4. The first kappa shape index (κ1) is 23.5. The zero-order chi connectivity index (χ0) is 23.3. The molecule has 168 valence electrons. The average Bonchev–Trinajstić information content (AvgIpc) is 2.79. The monoisotopic (exact) mass is 501 g/mol. The highest BCUT2D eigenvalue weighted by Crippen LogP contribution is 2.28. The Morgan fingerprint density at radius 1 is 1.22 bits per heavy atom. The number of esters is 1. The van der Waals surface area contributed by atoms with Crippen LogP contribution < -0.4 is 15.0 Å². The second kappa shape index (κ2) is 10.4. The molecule has 9 heteroatoms. The van der Waals surface area contributed by atoms with Crippen molar-refractivity contribution in [1.82, 2.24) is 9.66 Å². The van der Waals surface area contributed by atoms with Gasteiger partial charge in [0, 0.05) is 10.9 Å². The summed E-state index contributed by atoms with van der Waals surface area (Å²) in [5.41, 5.74) is 1.08. The predicted molar refractivity (Wildman–Crippen MR) is 126 cm³/mol. The summed E-state index contributed by atoms with van der Waals surface area (Å²) in [5, 5.41) is 4.89. The normalized spacial score (nSPS) is 12.2. The molecule has 0 aliphatic rings. The number of halogens is 1. The summed E-state index contributed by atoms with van der Waals surface area (Å²) < 4.78 is 17.8. The lowest BCUT2D eigenvalue weighted by Gasteiger charge is -2.15. The number of carbonyl (C=O) groups is 1. The Bertz CT molecular complexity index is 1220. The van der Waals surface area contributed by atoms with Gasteiger partial charge in [0.2, 0.25) is 0 Å². The van der Waals surface area contributed by atoms with Crippen molar-refractivity contribution in [2.45, 2.75) is 32.8 Å². The third-order valence-electron chi connectivity index (χ3n) is 4.70. The van der Waals surface area contributed by atoms with Gasteiger partial charge in [-0.2, -0.15) is 9.78 Å². The van der Waals surface area contributed by atoms with Crippen molar-refractivity contribution in [2.75, 3.05) is 14.2 Å². The fraction of sp³-hybridized carbons (Fsp3) is 0.304. The number of methoxy groups -OCH3 is 2. The standard InChI is InChI=1S/C23H24BrN3O5/c1-5-6-21-26-18-9-8-16(24)12-17(18)22(28)27(21)25-13-15-7-10-19(20(11-15)30-3)32-14(2)23(29)31-4/h7-14H,5-6H2,1-4H3/t14-/m1/s1. The summed E-state index contributed by atoms with van der Waals surface area (Å²) in [7, 11) is 2.80. The van der Waals surface area contributed by atoms with Crippen LogP contribution in [0.3, 0.4) is 0 Å². The molecule has 0 N–H and O–H groups in total. The summed E-state index contributed by atoms with van der Waals surface area (Å²) >= 11 is 3.40. The molecule has 0 aliphatic carbocycles. The molecule has 0 aliphatic heterocycles. The Labute approximate surface area is 194 Å². The molecule has 8 nitrogen and oxygen atoms in total. The fourth-order valence-electron chi connectivity index (χ4n) is 3.09. The van der Waals surface area contributed by atoms with Crippen LogP contribution in [0, 0.1) is 0 Å². The maximum absolute atomic E-state index is 13.1. The van der Waals surface area contributed by atoms with Crippen LogP contribution in [0.1, 0.15) is 31.7 Å². The maximum Gasteiger partial charge on any atom is 0.346 e. The van der Waals surface area contributed by atoms with Crippen LogP contribution in [0.15, 0.2) is 50.8 Å². The highest BCUT2D eigenvalue weighted by Gasteiger charge is 2.17. The molecule has 0 bridgehead atoms. The lowest BCUT2D eigenvalue weighted by molar-refractivity contribution is -0.147. The van der Waals surface area contributed by atoms with Gasteiger partial charge in [0.05, 0.1) is 31.3 Å². The van der Waals surface area contributed by atoms with Gasteiger partial charge in [-0.15, -0.1) is 0 Å². The third kappa shape index (κ3) is 5.16. The molecule has 3 rings (SSSR count). The van der Waals surface area contributed by atoms with E-state index in [-0.39, 0.29) is 5.56 Å². The molecule has 0 radical (unpaired) electrons.